The number of hydrogen-bond donors (Lipinski definition) is 2. The third-order valence-electron chi connectivity index (χ3n) is 2.90. The molecule has 2 atom stereocenters. The van der Waals surface area contributed by atoms with Gasteiger partial charge in [0.25, 0.3) is 0 Å². The van der Waals surface area contributed by atoms with Crippen molar-refractivity contribution in [1.82, 2.24) is 0 Å². The van der Waals surface area contributed by atoms with Crippen molar-refractivity contribution >= 4 is 5.97 Å². The van der Waals surface area contributed by atoms with Gasteiger partial charge in [0.05, 0.1) is 5.41 Å². The first kappa shape index (κ1) is 9.52. The Morgan fingerprint density at radius 2 is 2.33 bits per heavy atom. The molecule has 0 amide bonds. The maximum absolute atomic E-state index is 10.9. The normalized spacial score (nSPS) is 35.3. The molecule has 0 saturated heterocycles. The number of hydrogen-bond acceptors (Lipinski definition) is 2. The van der Waals surface area contributed by atoms with E-state index in [1.807, 2.05) is 0 Å². The van der Waals surface area contributed by atoms with Crippen LogP contribution in [0.25, 0.3) is 0 Å². The van der Waals surface area contributed by atoms with Gasteiger partial charge in [0.2, 0.25) is 0 Å². The molecule has 0 aromatic rings. The first-order valence-corrected chi connectivity index (χ1v) is 4.45. The van der Waals surface area contributed by atoms with Crippen molar-refractivity contribution in [2.45, 2.75) is 32.6 Å². The number of aliphatic hydroxyl groups is 1. The van der Waals surface area contributed by atoms with Gasteiger partial charge in [0.15, 0.2) is 0 Å². The molecule has 2 N–H and O–H groups in total. The maximum atomic E-state index is 10.9. The highest BCUT2D eigenvalue weighted by Crippen LogP contribution is 2.44. The molecule has 1 fully saturated rings. The van der Waals surface area contributed by atoms with Crippen LogP contribution in [-0.2, 0) is 4.79 Å². The smallest absolute Gasteiger partial charge is 0.309 e. The Balaban J connectivity index is 2.67. The molecule has 0 aromatic carbocycles. The number of rotatable bonds is 3. The number of carbonyl (C=O) groups is 1. The highest BCUT2D eigenvalue weighted by atomic mass is 16.4. The van der Waals surface area contributed by atoms with Crippen LogP contribution in [0.3, 0.4) is 0 Å². The van der Waals surface area contributed by atoms with Crippen LogP contribution in [0.5, 0.6) is 0 Å². The minimum absolute atomic E-state index is 0.0149. The Bertz CT molecular complexity index is 175. The van der Waals surface area contributed by atoms with E-state index in [2.05, 4.69) is 6.92 Å². The zero-order chi connectivity index (χ0) is 9.19. The maximum Gasteiger partial charge on any atom is 0.309 e. The lowest BCUT2D eigenvalue weighted by molar-refractivity contribution is -0.149. The molecule has 1 saturated carbocycles. The number of aliphatic carboxylic acids is 1. The van der Waals surface area contributed by atoms with Gasteiger partial charge in [-0.05, 0) is 31.6 Å². The third kappa shape index (κ3) is 1.61. The molecule has 1 aliphatic carbocycles. The van der Waals surface area contributed by atoms with E-state index in [4.69, 9.17) is 10.2 Å². The summed E-state index contributed by atoms with van der Waals surface area (Å²) in [6, 6.07) is 0. The summed E-state index contributed by atoms with van der Waals surface area (Å²) >= 11 is 0. The van der Waals surface area contributed by atoms with Crippen molar-refractivity contribution in [2.75, 3.05) is 6.61 Å². The van der Waals surface area contributed by atoms with Crippen LogP contribution in [0.15, 0.2) is 0 Å². The second kappa shape index (κ2) is 3.44. The lowest BCUT2D eigenvalue weighted by Gasteiger charge is -2.22. The van der Waals surface area contributed by atoms with Gasteiger partial charge in [-0.2, -0.15) is 0 Å². The van der Waals surface area contributed by atoms with Crippen molar-refractivity contribution < 1.29 is 15.0 Å². The van der Waals surface area contributed by atoms with Crippen LogP contribution in [0.2, 0.25) is 0 Å². The highest BCUT2D eigenvalue weighted by molar-refractivity contribution is 5.75. The first-order chi connectivity index (χ1) is 5.60. The van der Waals surface area contributed by atoms with Crippen LogP contribution >= 0.6 is 0 Å². The van der Waals surface area contributed by atoms with Gasteiger partial charge in [-0.3, -0.25) is 4.79 Å². The van der Waals surface area contributed by atoms with Crippen LogP contribution in [0.4, 0.5) is 0 Å². The summed E-state index contributed by atoms with van der Waals surface area (Å²) in [7, 11) is 0. The fraction of sp³-hybridized carbons (Fsp3) is 0.889. The van der Waals surface area contributed by atoms with Gasteiger partial charge in [-0.25, -0.2) is 0 Å². The molecule has 3 nitrogen and oxygen atoms in total. The summed E-state index contributed by atoms with van der Waals surface area (Å²) in [6.07, 6.45) is 2.84. The predicted octanol–water partition coefficient (Wildman–Crippen LogP) is 1.26. The third-order valence-corrected chi connectivity index (χ3v) is 2.90. The zero-order valence-corrected chi connectivity index (χ0v) is 7.42. The Hall–Kier alpha value is -0.570. The van der Waals surface area contributed by atoms with E-state index in [0.717, 1.165) is 19.3 Å². The van der Waals surface area contributed by atoms with Crippen molar-refractivity contribution in [2.24, 2.45) is 11.3 Å². The monoisotopic (exact) mass is 172 g/mol. The number of carboxylic acids is 1. The van der Waals surface area contributed by atoms with Crippen LogP contribution < -0.4 is 0 Å². The van der Waals surface area contributed by atoms with Crippen LogP contribution in [-0.4, -0.2) is 22.8 Å². The number of aliphatic hydroxyl groups excluding tert-OH is 1. The van der Waals surface area contributed by atoms with E-state index in [1.54, 1.807) is 0 Å². The SMILES string of the molecule is CC1CCC(CCO)(C(=O)O)C1. The summed E-state index contributed by atoms with van der Waals surface area (Å²) in [5.41, 5.74) is -0.617. The molecule has 0 aliphatic heterocycles. The van der Waals surface area contributed by atoms with E-state index < -0.39 is 11.4 Å². The molecule has 1 aliphatic rings. The highest BCUT2D eigenvalue weighted by Gasteiger charge is 2.43. The molecule has 0 aromatic heterocycles. The second-order valence-corrected chi connectivity index (χ2v) is 3.91. The van der Waals surface area contributed by atoms with Crippen molar-refractivity contribution in [1.29, 1.82) is 0 Å². The van der Waals surface area contributed by atoms with Gasteiger partial charge in [0, 0.05) is 6.61 Å². The van der Waals surface area contributed by atoms with Crippen LogP contribution in [0.1, 0.15) is 32.6 Å². The summed E-state index contributed by atoms with van der Waals surface area (Å²) in [5.74, 6) is -0.242. The van der Waals surface area contributed by atoms with E-state index in [9.17, 15) is 4.79 Å². The fourth-order valence-corrected chi connectivity index (χ4v) is 2.14. The topological polar surface area (TPSA) is 57.5 Å². The molecule has 0 bridgehead atoms. The largest absolute Gasteiger partial charge is 0.481 e. The van der Waals surface area contributed by atoms with Gasteiger partial charge in [0.1, 0.15) is 0 Å². The molecule has 0 spiro atoms. The van der Waals surface area contributed by atoms with E-state index >= 15 is 0 Å². The molecular weight excluding hydrogens is 156 g/mol. The average Bonchev–Trinajstić information content (AvgIpc) is 2.34. The van der Waals surface area contributed by atoms with Crippen LogP contribution in [0, 0.1) is 11.3 Å². The van der Waals surface area contributed by atoms with Crippen molar-refractivity contribution in [3.05, 3.63) is 0 Å². The van der Waals surface area contributed by atoms with E-state index in [0.29, 0.717) is 12.3 Å². The molecular formula is C9H16O3. The Kier molecular flexibility index (Phi) is 2.73. The summed E-state index contributed by atoms with van der Waals surface area (Å²) in [4.78, 5) is 10.9. The standard InChI is InChI=1S/C9H16O3/c1-7-2-3-9(6-7,4-5-10)8(11)12/h7,10H,2-6H2,1H3,(H,11,12). The minimum atomic E-state index is -0.735. The molecule has 0 radical (unpaired) electrons. The van der Waals surface area contributed by atoms with Gasteiger partial charge >= 0.3 is 5.97 Å². The van der Waals surface area contributed by atoms with Gasteiger partial charge in [-0.15, -0.1) is 0 Å². The summed E-state index contributed by atoms with van der Waals surface area (Å²) in [6.45, 7) is 2.06. The Morgan fingerprint density at radius 1 is 1.67 bits per heavy atom. The summed E-state index contributed by atoms with van der Waals surface area (Å²) in [5, 5.41) is 17.8. The quantitative estimate of drug-likeness (QED) is 0.673. The zero-order valence-electron chi connectivity index (χ0n) is 7.42. The average molecular weight is 172 g/mol. The van der Waals surface area contributed by atoms with E-state index in [1.165, 1.54) is 0 Å². The lowest BCUT2D eigenvalue weighted by Crippen LogP contribution is -2.29. The lowest BCUT2D eigenvalue weighted by atomic mass is 9.82. The first-order valence-electron chi connectivity index (χ1n) is 4.45. The van der Waals surface area contributed by atoms with Gasteiger partial charge < -0.3 is 10.2 Å². The molecule has 3 heteroatoms. The molecule has 12 heavy (non-hydrogen) atoms. The second-order valence-electron chi connectivity index (χ2n) is 3.91. The fourth-order valence-electron chi connectivity index (χ4n) is 2.14. The molecule has 2 unspecified atom stereocenters. The number of carboxylic acid groups (broad SMARTS) is 1. The predicted molar refractivity (Wildman–Crippen MR) is 44.8 cm³/mol. The van der Waals surface area contributed by atoms with Crippen molar-refractivity contribution in [3.8, 4) is 0 Å². The Labute approximate surface area is 72.4 Å². The summed E-state index contributed by atoms with van der Waals surface area (Å²) < 4.78 is 0. The molecule has 70 valence electrons. The molecule has 1 rings (SSSR count). The van der Waals surface area contributed by atoms with E-state index in [-0.39, 0.29) is 6.61 Å². The minimum Gasteiger partial charge on any atom is -0.481 e. The molecule has 0 heterocycles. The van der Waals surface area contributed by atoms with Crippen molar-refractivity contribution in [3.63, 3.8) is 0 Å². The van der Waals surface area contributed by atoms with Gasteiger partial charge in [-0.1, -0.05) is 6.92 Å². The Morgan fingerprint density at radius 3 is 2.67 bits per heavy atom.